The molecule has 1 aliphatic rings. The molecule has 2 N–H and O–H groups in total. The molecule has 0 bridgehead atoms. The van der Waals surface area contributed by atoms with Crippen molar-refractivity contribution in [3.63, 3.8) is 0 Å². The fraction of sp³-hybridized carbons (Fsp3) is 0.296. The molecule has 0 spiro atoms. The third kappa shape index (κ3) is 5.11. The zero-order chi connectivity index (χ0) is 25.9. The van der Waals surface area contributed by atoms with Gasteiger partial charge in [-0.15, -0.1) is 0 Å². The molecule has 0 aliphatic carbocycles. The monoisotopic (exact) mass is 507 g/mol. The van der Waals surface area contributed by atoms with E-state index in [0.717, 1.165) is 5.56 Å². The van der Waals surface area contributed by atoms with Crippen molar-refractivity contribution in [1.82, 2.24) is 9.62 Å². The number of anilines is 1. The number of nitrogens with zero attached hydrogens (tertiary/aromatic N) is 1. The van der Waals surface area contributed by atoms with E-state index >= 15 is 0 Å². The third-order valence-corrected chi connectivity index (χ3v) is 7.79. The molecule has 1 atom stereocenters. The van der Waals surface area contributed by atoms with Gasteiger partial charge in [0.1, 0.15) is 6.04 Å². The lowest BCUT2D eigenvalue weighted by Gasteiger charge is -2.24. The van der Waals surface area contributed by atoms with Crippen LogP contribution in [0, 0.1) is 6.92 Å². The van der Waals surface area contributed by atoms with Gasteiger partial charge in [0.25, 0.3) is 21.8 Å². The smallest absolute Gasteiger partial charge is 0.264 e. The van der Waals surface area contributed by atoms with Crippen LogP contribution in [0.4, 0.5) is 5.69 Å². The van der Waals surface area contributed by atoms with Gasteiger partial charge in [-0.2, -0.15) is 0 Å². The number of fused-ring (bicyclic) bond motifs is 1. The normalized spacial score (nSPS) is 15.6. The van der Waals surface area contributed by atoms with Gasteiger partial charge in [0.05, 0.1) is 4.90 Å². The maximum Gasteiger partial charge on any atom is 0.264 e. The Kier molecular flexibility index (Phi) is 7.40. The van der Waals surface area contributed by atoms with E-state index in [4.69, 9.17) is 0 Å². The van der Waals surface area contributed by atoms with Gasteiger partial charge in [-0.3, -0.25) is 14.4 Å². The number of nitrogens with one attached hydrogen (secondary N) is 2. The number of hydrogen-bond donors (Lipinski definition) is 2. The van der Waals surface area contributed by atoms with Gasteiger partial charge in [-0.25, -0.2) is 13.1 Å². The summed E-state index contributed by atoms with van der Waals surface area (Å²) in [7, 11) is -4.24. The number of carbonyl (C=O) groups is 3. The van der Waals surface area contributed by atoms with Crippen LogP contribution in [0.5, 0.6) is 0 Å². The molecule has 1 saturated heterocycles. The Labute approximate surface area is 210 Å². The van der Waals surface area contributed by atoms with Crippen LogP contribution in [0.15, 0.2) is 65.6 Å². The van der Waals surface area contributed by atoms with Crippen molar-refractivity contribution in [2.75, 3.05) is 11.9 Å². The number of aryl methyl sites for hydroxylation is 1. The second kappa shape index (κ2) is 10.5. The summed E-state index contributed by atoms with van der Waals surface area (Å²) in [5.41, 5.74) is 1.79. The van der Waals surface area contributed by atoms with Crippen molar-refractivity contribution in [2.45, 2.75) is 50.5 Å². The molecule has 36 heavy (non-hydrogen) atoms. The van der Waals surface area contributed by atoms with Gasteiger partial charge in [0, 0.05) is 35.0 Å². The summed E-state index contributed by atoms with van der Waals surface area (Å²) in [5, 5.41) is 3.76. The highest BCUT2D eigenvalue weighted by Gasteiger charge is 2.36. The number of carbonyl (C=O) groups excluding carboxylic acids is 3. The number of sulfonamides is 1. The molecule has 8 nitrogen and oxygen atoms in total. The molecular formula is C27H29N3O5S. The highest BCUT2D eigenvalue weighted by atomic mass is 32.2. The van der Waals surface area contributed by atoms with Gasteiger partial charge in [-0.1, -0.05) is 49.4 Å². The van der Waals surface area contributed by atoms with E-state index in [9.17, 15) is 22.8 Å². The molecule has 1 fully saturated rings. The average molecular weight is 508 g/mol. The number of benzene rings is 3. The Morgan fingerprint density at radius 1 is 0.972 bits per heavy atom. The van der Waals surface area contributed by atoms with Crippen LogP contribution in [-0.2, 0) is 19.6 Å². The van der Waals surface area contributed by atoms with E-state index in [1.54, 1.807) is 36.4 Å². The number of likely N-dealkylation sites (tertiary alicyclic amines) is 1. The Morgan fingerprint density at radius 3 is 2.39 bits per heavy atom. The third-order valence-electron chi connectivity index (χ3n) is 6.39. The topological polar surface area (TPSA) is 113 Å². The first kappa shape index (κ1) is 25.4. The van der Waals surface area contributed by atoms with Crippen LogP contribution in [0.1, 0.15) is 48.5 Å². The molecule has 3 amide bonds. The average Bonchev–Trinajstić information content (AvgIpc) is 3.35. The predicted octanol–water partition coefficient (Wildman–Crippen LogP) is 4.00. The first-order valence-corrected chi connectivity index (χ1v) is 13.5. The van der Waals surface area contributed by atoms with E-state index in [1.165, 1.54) is 17.0 Å². The van der Waals surface area contributed by atoms with Crippen molar-refractivity contribution in [1.29, 1.82) is 0 Å². The van der Waals surface area contributed by atoms with Gasteiger partial charge >= 0.3 is 0 Å². The standard InChI is InChI=1S/C27H29N3O5S/c1-3-9-25(31)30-17-8-14-23(30)27(33)29-36(34,35)24-16-15-22(20-12-6-7-13-21(20)24)28-26(32)19-11-5-4-10-18(19)2/h4-7,10-13,15-16,23H,3,8-9,14,17H2,1-2H3,(H,28,32)(H,29,33). The fourth-order valence-electron chi connectivity index (χ4n) is 4.58. The van der Waals surface area contributed by atoms with E-state index in [0.29, 0.717) is 54.3 Å². The van der Waals surface area contributed by atoms with Crippen molar-refractivity contribution in [2.24, 2.45) is 0 Å². The zero-order valence-electron chi connectivity index (χ0n) is 20.3. The van der Waals surface area contributed by atoms with Crippen molar-refractivity contribution >= 4 is 44.2 Å². The minimum Gasteiger partial charge on any atom is -0.331 e. The maximum atomic E-state index is 13.3. The number of rotatable bonds is 7. The number of amides is 3. The molecule has 3 aromatic rings. The number of hydrogen-bond acceptors (Lipinski definition) is 5. The largest absolute Gasteiger partial charge is 0.331 e. The molecule has 0 aromatic heterocycles. The summed E-state index contributed by atoms with van der Waals surface area (Å²) in [6, 6.07) is 16.1. The van der Waals surface area contributed by atoms with E-state index in [2.05, 4.69) is 10.0 Å². The van der Waals surface area contributed by atoms with Crippen LogP contribution in [0.25, 0.3) is 10.8 Å². The van der Waals surface area contributed by atoms with Crippen molar-refractivity contribution < 1.29 is 22.8 Å². The molecule has 188 valence electrons. The predicted molar refractivity (Wildman–Crippen MR) is 138 cm³/mol. The van der Waals surface area contributed by atoms with Gasteiger partial charge in [0.2, 0.25) is 5.91 Å². The van der Waals surface area contributed by atoms with Crippen LogP contribution >= 0.6 is 0 Å². The fourth-order valence-corrected chi connectivity index (χ4v) is 5.81. The molecule has 0 radical (unpaired) electrons. The zero-order valence-corrected chi connectivity index (χ0v) is 21.1. The van der Waals surface area contributed by atoms with Gasteiger partial charge < -0.3 is 10.2 Å². The molecule has 0 saturated carbocycles. The van der Waals surface area contributed by atoms with Crippen LogP contribution in [0.3, 0.4) is 0 Å². The van der Waals surface area contributed by atoms with E-state index in [-0.39, 0.29) is 16.7 Å². The second-order valence-electron chi connectivity index (χ2n) is 8.89. The molecular weight excluding hydrogens is 478 g/mol. The minimum atomic E-state index is -4.24. The molecule has 1 aliphatic heterocycles. The van der Waals surface area contributed by atoms with E-state index in [1.807, 2.05) is 26.0 Å². The molecule has 3 aromatic carbocycles. The lowest BCUT2D eigenvalue weighted by Crippen LogP contribution is -2.47. The van der Waals surface area contributed by atoms with Crippen LogP contribution in [-0.4, -0.2) is 43.6 Å². The van der Waals surface area contributed by atoms with E-state index < -0.39 is 22.0 Å². The van der Waals surface area contributed by atoms with Gasteiger partial charge in [0.15, 0.2) is 0 Å². The SMILES string of the molecule is CCCC(=O)N1CCCC1C(=O)NS(=O)(=O)c1ccc(NC(=O)c2ccccc2C)c2ccccc12. The molecule has 1 heterocycles. The Balaban J connectivity index is 1.62. The van der Waals surface area contributed by atoms with Crippen LogP contribution in [0.2, 0.25) is 0 Å². The molecule has 9 heteroatoms. The molecule has 4 rings (SSSR count). The summed E-state index contributed by atoms with van der Waals surface area (Å²) < 4.78 is 28.8. The lowest BCUT2D eigenvalue weighted by atomic mass is 10.1. The van der Waals surface area contributed by atoms with Gasteiger partial charge in [-0.05, 0) is 49.9 Å². The maximum absolute atomic E-state index is 13.3. The second-order valence-corrected chi connectivity index (χ2v) is 10.5. The summed E-state index contributed by atoms with van der Waals surface area (Å²) in [4.78, 5) is 39.6. The minimum absolute atomic E-state index is 0.0789. The van der Waals surface area contributed by atoms with Crippen molar-refractivity contribution in [3.05, 3.63) is 71.8 Å². The first-order chi connectivity index (χ1) is 17.2. The Bertz CT molecular complexity index is 1430. The van der Waals surface area contributed by atoms with Crippen LogP contribution < -0.4 is 10.0 Å². The highest BCUT2D eigenvalue weighted by Crippen LogP contribution is 2.30. The quantitative estimate of drug-likeness (QED) is 0.502. The Hall–Kier alpha value is -3.72. The summed E-state index contributed by atoms with van der Waals surface area (Å²) in [6.45, 7) is 4.16. The summed E-state index contributed by atoms with van der Waals surface area (Å²) in [6.07, 6.45) is 2.03. The first-order valence-electron chi connectivity index (χ1n) is 12.0. The summed E-state index contributed by atoms with van der Waals surface area (Å²) in [5.74, 6) is -1.16. The highest BCUT2D eigenvalue weighted by molar-refractivity contribution is 7.90. The van der Waals surface area contributed by atoms with Crippen molar-refractivity contribution in [3.8, 4) is 0 Å². The molecule has 1 unspecified atom stereocenters. The Morgan fingerprint density at radius 2 is 1.67 bits per heavy atom. The lowest BCUT2D eigenvalue weighted by molar-refractivity contribution is -0.137. The summed E-state index contributed by atoms with van der Waals surface area (Å²) >= 11 is 0.